The molecule has 3 aromatic rings. The highest BCUT2D eigenvalue weighted by Crippen LogP contribution is 2.22. The van der Waals surface area contributed by atoms with Gasteiger partial charge in [-0.2, -0.15) is 9.97 Å². The van der Waals surface area contributed by atoms with Crippen LogP contribution in [0.15, 0.2) is 30.5 Å². The summed E-state index contributed by atoms with van der Waals surface area (Å²) in [6.45, 7) is 0. The van der Waals surface area contributed by atoms with Crippen molar-refractivity contribution in [3.8, 4) is 0 Å². The zero-order valence-electron chi connectivity index (χ0n) is 11.3. The molecule has 2 heterocycles. The third-order valence-electron chi connectivity index (χ3n) is 2.97. The van der Waals surface area contributed by atoms with Crippen molar-refractivity contribution in [1.29, 1.82) is 0 Å². The Morgan fingerprint density at radius 2 is 1.55 bits per heavy atom. The van der Waals surface area contributed by atoms with Crippen LogP contribution in [0.3, 0.4) is 0 Å². The molecule has 2 aromatic heterocycles. The minimum atomic E-state index is 0.106. The Kier molecular flexibility index (Phi) is 3.83. The van der Waals surface area contributed by atoms with Crippen molar-refractivity contribution >= 4 is 58.2 Å². The van der Waals surface area contributed by atoms with Gasteiger partial charge in [-0.15, -0.1) is 0 Å². The predicted octanol–water partition coefficient (Wildman–Crippen LogP) is 3.67. The van der Waals surface area contributed by atoms with Gasteiger partial charge < -0.3 is 11.5 Å². The number of benzene rings is 1. The normalized spacial score (nSPS) is 11.4. The van der Waals surface area contributed by atoms with Gasteiger partial charge in [-0.3, -0.25) is 0 Å². The number of hydrogen-bond donors (Lipinski definition) is 2. The molecule has 3 rings (SSSR count). The van der Waals surface area contributed by atoms with Crippen molar-refractivity contribution in [3.63, 3.8) is 0 Å². The first-order valence-electron chi connectivity index (χ1n) is 6.34. The second kappa shape index (κ2) is 5.79. The highest BCUT2D eigenvalue weighted by molar-refractivity contribution is 6.34. The van der Waals surface area contributed by atoms with Gasteiger partial charge in [0.1, 0.15) is 5.82 Å². The summed E-state index contributed by atoms with van der Waals surface area (Å²) < 4.78 is 0. The van der Waals surface area contributed by atoms with Gasteiger partial charge in [0, 0.05) is 16.2 Å². The molecule has 0 aliphatic heterocycles. The predicted molar refractivity (Wildman–Crippen MR) is 91.5 cm³/mol. The molecule has 1 aromatic carbocycles. The molecule has 0 aliphatic rings. The lowest BCUT2D eigenvalue weighted by Gasteiger charge is -2.02. The van der Waals surface area contributed by atoms with E-state index in [1.54, 1.807) is 12.3 Å². The van der Waals surface area contributed by atoms with Crippen LogP contribution in [-0.4, -0.2) is 15.0 Å². The summed E-state index contributed by atoms with van der Waals surface area (Å²) >= 11 is 11.9. The van der Waals surface area contributed by atoms with Crippen LogP contribution >= 0.6 is 23.2 Å². The summed E-state index contributed by atoms with van der Waals surface area (Å²) in [5.41, 5.74) is 13.6. The summed E-state index contributed by atoms with van der Waals surface area (Å²) in [6, 6.07) is 7.16. The molecule has 22 heavy (non-hydrogen) atoms. The molecule has 0 bridgehead atoms. The van der Waals surface area contributed by atoms with E-state index in [9.17, 15) is 0 Å². The first-order valence-corrected chi connectivity index (χ1v) is 7.10. The standard InChI is InChI=1S/C15H11Cl2N5/c16-10-3-8(4-11(17)6-10)1-2-9-5-12-13(18)21-15(19)22-14(12)20-7-9/h1-7H,(H4,18,19,20,21,22). The Morgan fingerprint density at radius 3 is 2.27 bits per heavy atom. The van der Waals surface area contributed by atoms with E-state index >= 15 is 0 Å². The molecule has 0 unspecified atom stereocenters. The molecule has 0 atom stereocenters. The van der Waals surface area contributed by atoms with Crippen molar-refractivity contribution < 1.29 is 0 Å². The van der Waals surface area contributed by atoms with E-state index in [0.717, 1.165) is 11.1 Å². The number of hydrogen-bond acceptors (Lipinski definition) is 5. The Morgan fingerprint density at radius 1 is 0.864 bits per heavy atom. The smallest absolute Gasteiger partial charge is 0.224 e. The molecule has 0 saturated carbocycles. The maximum atomic E-state index is 5.97. The molecule has 0 spiro atoms. The van der Waals surface area contributed by atoms with Crippen LogP contribution in [0.1, 0.15) is 11.1 Å². The van der Waals surface area contributed by atoms with E-state index < -0.39 is 0 Å². The Hall–Kier alpha value is -2.37. The van der Waals surface area contributed by atoms with Crippen LogP contribution in [0.25, 0.3) is 23.2 Å². The van der Waals surface area contributed by atoms with Gasteiger partial charge in [-0.25, -0.2) is 4.98 Å². The van der Waals surface area contributed by atoms with Gasteiger partial charge in [-0.05, 0) is 35.4 Å². The average Bonchev–Trinajstić information content (AvgIpc) is 2.44. The van der Waals surface area contributed by atoms with Crippen LogP contribution in [0.4, 0.5) is 11.8 Å². The number of pyridine rings is 1. The lowest BCUT2D eigenvalue weighted by Crippen LogP contribution is -2.01. The van der Waals surface area contributed by atoms with Crippen LogP contribution in [0.5, 0.6) is 0 Å². The number of nitrogen functional groups attached to an aromatic ring is 2. The molecule has 0 aliphatic carbocycles. The van der Waals surface area contributed by atoms with Gasteiger partial charge >= 0.3 is 0 Å². The van der Waals surface area contributed by atoms with Crippen LogP contribution in [0.2, 0.25) is 10.0 Å². The second-order valence-electron chi connectivity index (χ2n) is 4.64. The fourth-order valence-corrected chi connectivity index (χ4v) is 2.57. The van der Waals surface area contributed by atoms with Crippen molar-refractivity contribution in [3.05, 3.63) is 51.6 Å². The molecule has 4 N–H and O–H groups in total. The topological polar surface area (TPSA) is 90.7 Å². The molecule has 0 radical (unpaired) electrons. The summed E-state index contributed by atoms with van der Waals surface area (Å²) in [6.07, 6.45) is 5.44. The average molecular weight is 332 g/mol. The molecular formula is C15H11Cl2N5. The second-order valence-corrected chi connectivity index (χ2v) is 5.52. The minimum Gasteiger partial charge on any atom is -0.383 e. The Bertz CT molecular complexity index is 872. The van der Waals surface area contributed by atoms with Gasteiger partial charge in [0.2, 0.25) is 5.95 Å². The van der Waals surface area contributed by atoms with Gasteiger partial charge in [0.25, 0.3) is 0 Å². The number of nitrogens with zero attached hydrogens (tertiary/aromatic N) is 3. The number of anilines is 2. The zero-order chi connectivity index (χ0) is 15.7. The van der Waals surface area contributed by atoms with E-state index in [1.807, 2.05) is 30.4 Å². The third-order valence-corrected chi connectivity index (χ3v) is 3.41. The number of nitrogens with two attached hydrogens (primary N) is 2. The van der Waals surface area contributed by atoms with Gasteiger partial charge in [0.05, 0.1) is 5.39 Å². The van der Waals surface area contributed by atoms with Crippen LogP contribution in [-0.2, 0) is 0 Å². The van der Waals surface area contributed by atoms with E-state index in [0.29, 0.717) is 26.9 Å². The fraction of sp³-hybridized carbons (Fsp3) is 0. The summed E-state index contributed by atoms with van der Waals surface area (Å²) in [5.74, 6) is 0.408. The van der Waals surface area contributed by atoms with Gasteiger partial charge in [0.15, 0.2) is 5.65 Å². The molecule has 7 heteroatoms. The van der Waals surface area contributed by atoms with E-state index in [2.05, 4.69) is 15.0 Å². The molecule has 0 amide bonds. The Labute approximate surface area is 136 Å². The third kappa shape index (κ3) is 3.10. The first-order chi connectivity index (χ1) is 10.5. The molecule has 110 valence electrons. The van der Waals surface area contributed by atoms with Crippen molar-refractivity contribution in [1.82, 2.24) is 15.0 Å². The van der Waals surface area contributed by atoms with Crippen molar-refractivity contribution in [2.75, 3.05) is 11.5 Å². The van der Waals surface area contributed by atoms with E-state index in [-0.39, 0.29) is 5.95 Å². The van der Waals surface area contributed by atoms with E-state index in [4.69, 9.17) is 34.7 Å². The Balaban J connectivity index is 1.98. The van der Waals surface area contributed by atoms with E-state index in [1.165, 1.54) is 0 Å². The maximum absolute atomic E-state index is 5.97. The van der Waals surface area contributed by atoms with Gasteiger partial charge in [-0.1, -0.05) is 35.4 Å². The number of rotatable bonds is 2. The lowest BCUT2D eigenvalue weighted by molar-refractivity contribution is 1.20. The monoisotopic (exact) mass is 331 g/mol. The molecule has 0 saturated heterocycles. The zero-order valence-corrected chi connectivity index (χ0v) is 12.8. The SMILES string of the molecule is Nc1nc(N)c2cc(C=Cc3cc(Cl)cc(Cl)c3)cnc2n1. The molecular weight excluding hydrogens is 321 g/mol. The lowest BCUT2D eigenvalue weighted by atomic mass is 10.1. The number of halogens is 2. The van der Waals surface area contributed by atoms with Crippen molar-refractivity contribution in [2.45, 2.75) is 0 Å². The number of aromatic nitrogens is 3. The first kappa shape index (κ1) is 14.6. The summed E-state index contributed by atoms with van der Waals surface area (Å²) in [5, 5.41) is 1.81. The summed E-state index contributed by atoms with van der Waals surface area (Å²) in [7, 11) is 0. The summed E-state index contributed by atoms with van der Waals surface area (Å²) in [4.78, 5) is 12.2. The van der Waals surface area contributed by atoms with Crippen LogP contribution in [0, 0.1) is 0 Å². The maximum Gasteiger partial charge on any atom is 0.224 e. The molecule has 0 fully saturated rings. The van der Waals surface area contributed by atoms with Crippen LogP contribution < -0.4 is 11.5 Å². The minimum absolute atomic E-state index is 0.106. The largest absolute Gasteiger partial charge is 0.383 e. The molecule has 5 nitrogen and oxygen atoms in total. The fourth-order valence-electron chi connectivity index (χ4n) is 2.02. The number of fused-ring (bicyclic) bond motifs is 1. The quantitative estimate of drug-likeness (QED) is 0.747. The highest BCUT2D eigenvalue weighted by atomic mass is 35.5. The highest BCUT2D eigenvalue weighted by Gasteiger charge is 2.04. The van der Waals surface area contributed by atoms with Crippen molar-refractivity contribution in [2.24, 2.45) is 0 Å².